The molecule has 2 rings (SSSR count). The lowest BCUT2D eigenvalue weighted by atomic mass is 10.1. The molecule has 0 atom stereocenters. The molecule has 0 radical (unpaired) electrons. The normalized spacial score (nSPS) is 12.2. The van der Waals surface area contributed by atoms with Gasteiger partial charge in [0.2, 0.25) is 0 Å². The number of halogens is 5. The van der Waals surface area contributed by atoms with Crippen molar-refractivity contribution < 1.29 is 13.2 Å². The Morgan fingerprint density at radius 2 is 1.77 bits per heavy atom. The van der Waals surface area contributed by atoms with E-state index in [-0.39, 0.29) is 5.92 Å². The van der Waals surface area contributed by atoms with Crippen molar-refractivity contribution in [1.29, 1.82) is 0 Å². The molecule has 1 aromatic carbocycles. The summed E-state index contributed by atoms with van der Waals surface area (Å²) in [5, 5.41) is 1.32. The predicted octanol–water partition coefficient (Wildman–Crippen LogP) is 6.03. The minimum Gasteiger partial charge on any atom is -0.316 e. The Balaban J connectivity index is 2.40. The van der Waals surface area contributed by atoms with Crippen molar-refractivity contribution in [3.05, 3.63) is 40.3 Å². The highest BCUT2D eigenvalue weighted by atomic mass is 35.5. The molecule has 2 nitrogen and oxygen atoms in total. The largest absolute Gasteiger partial charge is 0.406 e. The van der Waals surface area contributed by atoms with Crippen molar-refractivity contribution in [2.75, 3.05) is 0 Å². The standard InChI is InChI=1S/C14H13Cl2F3N2S/c1-8(2)12-13(21(7-20-12)6-14(17,18)19)22-11-4-9(15)3-10(16)5-11/h3-5,7-8H,6H2,1-2H3. The second-order valence-corrected chi connectivity index (χ2v) is 6.98. The molecule has 0 amide bonds. The molecule has 0 aliphatic heterocycles. The Kier molecular flexibility index (Phi) is 5.35. The zero-order valence-electron chi connectivity index (χ0n) is 11.8. The predicted molar refractivity (Wildman–Crippen MR) is 83.0 cm³/mol. The number of hydrogen-bond acceptors (Lipinski definition) is 2. The topological polar surface area (TPSA) is 17.8 Å². The van der Waals surface area contributed by atoms with Crippen molar-refractivity contribution in [3.8, 4) is 0 Å². The van der Waals surface area contributed by atoms with Gasteiger partial charge in [0.15, 0.2) is 0 Å². The lowest BCUT2D eigenvalue weighted by Gasteiger charge is -2.13. The summed E-state index contributed by atoms with van der Waals surface area (Å²) in [5.74, 6) is 0.00615. The second kappa shape index (κ2) is 6.72. The van der Waals surface area contributed by atoms with E-state index in [4.69, 9.17) is 23.2 Å². The second-order valence-electron chi connectivity index (χ2n) is 5.04. The van der Waals surface area contributed by atoms with Crippen molar-refractivity contribution in [2.45, 2.75) is 42.4 Å². The van der Waals surface area contributed by atoms with Crippen molar-refractivity contribution in [2.24, 2.45) is 0 Å². The Hall–Kier alpha value is -0.850. The number of aromatic nitrogens is 2. The van der Waals surface area contributed by atoms with Crippen LogP contribution in [0.2, 0.25) is 10.0 Å². The third-order valence-electron chi connectivity index (χ3n) is 2.76. The van der Waals surface area contributed by atoms with Gasteiger partial charge in [0.05, 0.1) is 12.0 Å². The molecular weight excluding hydrogens is 356 g/mol. The van der Waals surface area contributed by atoms with Crippen LogP contribution in [-0.2, 0) is 6.54 Å². The van der Waals surface area contributed by atoms with Crippen LogP contribution in [0.5, 0.6) is 0 Å². The minimum atomic E-state index is -4.31. The van der Waals surface area contributed by atoms with Crippen LogP contribution in [0.1, 0.15) is 25.5 Å². The maximum absolute atomic E-state index is 12.7. The van der Waals surface area contributed by atoms with Crippen molar-refractivity contribution in [1.82, 2.24) is 9.55 Å². The lowest BCUT2D eigenvalue weighted by Crippen LogP contribution is -2.17. The first-order chi connectivity index (χ1) is 10.2. The van der Waals surface area contributed by atoms with Crippen LogP contribution in [0.15, 0.2) is 34.4 Å². The number of alkyl halides is 3. The molecule has 120 valence electrons. The van der Waals surface area contributed by atoms with Gasteiger partial charge in [-0.05, 0) is 24.1 Å². The van der Waals surface area contributed by atoms with Gasteiger partial charge in [-0.3, -0.25) is 0 Å². The molecule has 1 aromatic heterocycles. The fourth-order valence-electron chi connectivity index (χ4n) is 1.90. The Bertz CT molecular complexity index is 648. The van der Waals surface area contributed by atoms with Crippen LogP contribution in [0, 0.1) is 0 Å². The summed E-state index contributed by atoms with van der Waals surface area (Å²) >= 11 is 13.1. The SMILES string of the molecule is CC(C)c1ncn(CC(F)(F)F)c1Sc1cc(Cl)cc(Cl)c1. The van der Waals surface area contributed by atoms with Gasteiger partial charge in [0.1, 0.15) is 11.6 Å². The molecule has 22 heavy (non-hydrogen) atoms. The Morgan fingerprint density at radius 1 is 1.18 bits per heavy atom. The maximum Gasteiger partial charge on any atom is 0.406 e. The number of nitrogens with zero attached hydrogens (tertiary/aromatic N) is 2. The van der Waals surface area contributed by atoms with Crippen LogP contribution in [0.3, 0.4) is 0 Å². The molecule has 0 saturated carbocycles. The van der Waals surface area contributed by atoms with Crippen LogP contribution in [0.4, 0.5) is 13.2 Å². The highest BCUT2D eigenvalue weighted by Crippen LogP contribution is 2.37. The molecule has 8 heteroatoms. The van der Waals surface area contributed by atoms with Gasteiger partial charge in [-0.25, -0.2) is 4.98 Å². The number of hydrogen-bond donors (Lipinski definition) is 0. The van der Waals surface area contributed by atoms with E-state index in [2.05, 4.69) is 4.98 Å². The maximum atomic E-state index is 12.7. The molecule has 1 heterocycles. The first kappa shape index (κ1) is 17.5. The van der Waals surface area contributed by atoms with E-state index in [1.807, 2.05) is 13.8 Å². The third kappa shape index (κ3) is 4.57. The van der Waals surface area contributed by atoms with Crippen LogP contribution >= 0.6 is 35.0 Å². The molecule has 2 aromatic rings. The average Bonchev–Trinajstić information content (AvgIpc) is 2.68. The lowest BCUT2D eigenvalue weighted by molar-refractivity contribution is -0.141. The highest BCUT2D eigenvalue weighted by molar-refractivity contribution is 7.99. The quantitative estimate of drug-likeness (QED) is 0.655. The Morgan fingerprint density at radius 3 is 2.27 bits per heavy atom. The van der Waals surface area contributed by atoms with Gasteiger partial charge in [-0.1, -0.05) is 48.8 Å². The summed E-state index contributed by atoms with van der Waals surface area (Å²) in [6.07, 6.45) is -3.09. The molecule has 0 spiro atoms. The smallest absolute Gasteiger partial charge is 0.316 e. The average molecular weight is 369 g/mol. The number of imidazole rings is 1. The molecule has 0 N–H and O–H groups in total. The van der Waals surface area contributed by atoms with E-state index in [1.54, 1.807) is 18.2 Å². The number of rotatable bonds is 4. The molecule has 0 unspecified atom stereocenters. The number of benzene rings is 1. The molecule has 0 saturated heterocycles. The fraction of sp³-hybridized carbons (Fsp3) is 0.357. The van der Waals surface area contributed by atoms with Crippen molar-refractivity contribution in [3.63, 3.8) is 0 Å². The van der Waals surface area contributed by atoms with E-state index >= 15 is 0 Å². The molecular formula is C14H13Cl2F3N2S. The van der Waals surface area contributed by atoms with Gasteiger partial charge in [-0.2, -0.15) is 13.2 Å². The Labute approximate surface area is 140 Å². The third-order valence-corrected chi connectivity index (χ3v) is 4.31. The van der Waals surface area contributed by atoms with E-state index in [1.165, 1.54) is 18.1 Å². The monoisotopic (exact) mass is 368 g/mol. The van der Waals surface area contributed by atoms with Crippen LogP contribution in [-0.4, -0.2) is 15.7 Å². The van der Waals surface area contributed by atoms with Gasteiger partial charge in [0.25, 0.3) is 0 Å². The zero-order chi connectivity index (χ0) is 16.5. The first-order valence-electron chi connectivity index (χ1n) is 6.41. The fourth-order valence-corrected chi connectivity index (χ4v) is 3.77. The van der Waals surface area contributed by atoms with E-state index < -0.39 is 12.7 Å². The highest BCUT2D eigenvalue weighted by Gasteiger charge is 2.30. The van der Waals surface area contributed by atoms with Gasteiger partial charge >= 0.3 is 6.18 Å². The zero-order valence-corrected chi connectivity index (χ0v) is 14.1. The first-order valence-corrected chi connectivity index (χ1v) is 7.98. The van der Waals surface area contributed by atoms with Crippen LogP contribution < -0.4 is 0 Å². The summed E-state index contributed by atoms with van der Waals surface area (Å²) in [4.78, 5) is 4.79. The van der Waals surface area contributed by atoms with E-state index in [0.29, 0.717) is 25.7 Å². The van der Waals surface area contributed by atoms with Gasteiger partial charge < -0.3 is 4.57 Å². The summed E-state index contributed by atoms with van der Waals surface area (Å²) in [6.45, 7) is 2.69. The van der Waals surface area contributed by atoms with Gasteiger partial charge in [0, 0.05) is 14.9 Å². The van der Waals surface area contributed by atoms with Crippen molar-refractivity contribution >= 4 is 35.0 Å². The summed E-state index contributed by atoms with van der Waals surface area (Å²) in [6, 6.07) is 4.89. The molecule has 0 fully saturated rings. The van der Waals surface area contributed by atoms with Gasteiger partial charge in [-0.15, -0.1) is 0 Å². The molecule has 0 aliphatic rings. The molecule has 0 bridgehead atoms. The summed E-state index contributed by atoms with van der Waals surface area (Å²) in [7, 11) is 0. The summed E-state index contributed by atoms with van der Waals surface area (Å²) in [5.41, 5.74) is 0.616. The minimum absolute atomic E-state index is 0.00615. The molecule has 0 aliphatic carbocycles. The summed E-state index contributed by atoms with van der Waals surface area (Å²) < 4.78 is 39.2. The van der Waals surface area contributed by atoms with E-state index in [0.717, 1.165) is 4.57 Å². The van der Waals surface area contributed by atoms with E-state index in [9.17, 15) is 13.2 Å². The van der Waals surface area contributed by atoms with Crippen LogP contribution in [0.25, 0.3) is 0 Å².